The summed E-state index contributed by atoms with van der Waals surface area (Å²) in [7, 11) is -4.16. The molecule has 0 saturated heterocycles. The molecule has 0 aliphatic carbocycles. The Labute approximate surface area is 161 Å². The zero-order valence-electron chi connectivity index (χ0n) is 16.8. The van der Waals surface area contributed by atoms with Gasteiger partial charge in [0.05, 0.1) is 4.90 Å². The van der Waals surface area contributed by atoms with Crippen LogP contribution in [0.25, 0.3) is 0 Å². The fourth-order valence-electron chi connectivity index (χ4n) is 3.67. The van der Waals surface area contributed by atoms with Crippen LogP contribution in [0.1, 0.15) is 109 Å². The molecule has 26 heavy (non-hydrogen) atoms. The molecule has 1 unspecified atom stereocenters. The van der Waals surface area contributed by atoms with Gasteiger partial charge in [0.2, 0.25) is 0 Å². The smallest absolute Gasteiger partial charge is 0.282 e. The largest absolute Gasteiger partial charge is 0.294 e. The molecule has 150 valence electrons. The molecule has 0 radical (unpaired) electrons. The first-order valence-corrected chi connectivity index (χ1v) is 12.0. The van der Waals surface area contributed by atoms with Crippen LogP contribution in [-0.2, 0) is 10.1 Å². The van der Waals surface area contributed by atoms with Gasteiger partial charge in [-0.2, -0.15) is 8.42 Å². The summed E-state index contributed by atoms with van der Waals surface area (Å²) in [5.74, 6) is 0.223. The minimum Gasteiger partial charge on any atom is -0.282 e. The van der Waals surface area contributed by atoms with Gasteiger partial charge in [-0.25, -0.2) is 0 Å². The molecular weight excluding hydrogens is 344 g/mol. The Hall–Kier alpha value is -0.870. The summed E-state index contributed by atoms with van der Waals surface area (Å²) in [5.41, 5.74) is 0.805. The quantitative estimate of drug-likeness (QED) is 0.259. The van der Waals surface area contributed by atoms with E-state index in [2.05, 4.69) is 13.8 Å². The second-order valence-corrected chi connectivity index (χ2v) is 8.86. The molecular formula is C22H38O3S. The van der Waals surface area contributed by atoms with E-state index in [-0.39, 0.29) is 10.8 Å². The summed E-state index contributed by atoms with van der Waals surface area (Å²) < 4.78 is 33.2. The van der Waals surface area contributed by atoms with Crippen molar-refractivity contribution in [3.8, 4) is 0 Å². The average molecular weight is 383 g/mol. The lowest BCUT2D eigenvalue weighted by Crippen LogP contribution is -2.08. The monoisotopic (exact) mass is 382 g/mol. The van der Waals surface area contributed by atoms with Gasteiger partial charge in [0, 0.05) is 0 Å². The Morgan fingerprint density at radius 1 is 0.769 bits per heavy atom. The fraction of sp³-hybridized carbons (Fsp3) is 0.727. The molecule has 4 heteroatoms. The van der Waals surface area contributed by atoms with Gasteiger partial charge in [0.25, 0.3) is 10.1 Å². The summed E-state index contributed by atoms with van der Waals surface area (Å²) in [4.78, 5) is 0.101. The van der Waals surface area contributed by atoms with Crippen LogP contribution in [0.4, 0.5) is 0 Å². The minimum absolute atomic E-state index is 0.101. The van der Waals surface area contributed by atoms with E-state index in [1.807, 2.05) is 12.1 Å². The average Bonchev–Trinajstić information content (AvgIpc) is 2.62. The Morgan fingerprint density at radius 3 is 1.73 bits per heavy atom. The van der Waals surface area contributed by atoms with Crippen molar-refractivity contribution in [2.45, 2.75) is 108 Å². The molecule has 0 fully saturated rings. The number of rotatable bonds is 15. The van der Waals surface area contributed by atoms with Crippen molar-refractivity contribution in [2.24, 2.45) is 0 Å². The lowest BCUT2D eigenvalue weighted by atomic mass is 9.88. The zero-order chi connectivity index (χ0) is 19.3. The third kappa shape index (κ3) is 9.18. The molecule has 1 atom stereocenters. The highest BCUT2D eigenvalue weighted by Gasteiger charge is 2.21. The summed E-state index contributed by atoms with van der Waals surface area (Å²) in [6.45, 7) is 4.44. The van der Waals surface area contributed by atoms with Crippen LogP contribution in [0.3, 0.4) is 0 Å². The van der Waals surface area contributed by atoms with Gasteiger partial charge in [0.1, 0.15) is 0 Å². The Kier molecular flexibility index (Phi) is 11.9. The molecule has 0 amide bonds. The lowest BCUT2D eigenvalue weighted by Gasteiger charge is -2.20. The van der Waals surface area contributed by atoms with Crippen LogP contribution in [-0.4, -0.2) is 13.0 Å². The van der Waals surface area contributed by atoms with Crippen LogP contribution in [0.5, 0.6) is 0 Å². The van der Waals surface area contributed by atoms with Crippen molar-refractivity contribution in [3.63, 3.8) is 0 Å². The maximum absolute atomic E-state index is 11.8. The van der Waals surface area contributed by atoms with Gasteiger partial charge in [0.15, 0.2) is 0 Å². The predicted molar refractivity (Wildman–Crippen MR) is 110 cm³/mol. The Morgan fingerprint density at radius 2 is 1.23 bits per heavy atom. The maximum Gasteiger partial charge on any atom is 0.294 e. The standard InChI is InChI=1S/C22H38O3S/c1-3-5-7-9-11-13-17-20(16-12-10-8-6-4-2)21-18-14-15-19-22(21)26(23,24)25/h14-15,18-20H,3-13,16-17H2,1-2H3,(H,23,24,25). The number of hydrogen-bond donors (Lipinski definition) is 1. The molecule has 3 nitrogen and oxygen atoms in total. The van der Waals surface area contributed by atoms with Gasteiger partial charge in [-0.1, -0.05) is 103 Å². The third-order valence-electron chi connectivity index (χ3n) is 5.20. The highest BCUT2D eigenvalue weighted by Crippen LogP contribution is 2.33. The molecule has 0 aliphatic heterocycles. The van der Waals surface area contributed by atoms with E-state index in [1.54, 1.807) is 6.07 Å². The van der Waals surface area contributed by atoms with Gasteiger partial charge < -0.3 is 0 Å². The molecule has 0 spiro atoms. The first-order chi connectivity index (χ1) is 12.5. The fourth-order valence-corrected chi connectivity index (χ4v) is 4.46. The minimum atomic E-state index is -4.16. The van der Waals surface area contributed by atoms with Crippen molar-refractivity contribution >= 4 is 10.1 Å². The summed E-state index contributed by atoms with van der Waals surface area (Å²) in [6, 6.07) is 7.00. The topological polar surface area (TPSA) is 54.4 Å². The van der Waals surface area contributed by atoms with Crippen LogP contribution >= 0.6 is 0 Å². The van der Waals surface area contributed by atoms with E-state index in [0.717, 1.165) is 31.2 Å². The second kappa shape index (κ2) is 13.3. The van der Waals surface area contributed by atoms with E-state index < -0.39 is 10.1 Å². The summed E-state index contributed by atoms with van der Waals surface area (Å²) in [5, 5.41) is 0. The molecule has 0 aromatic heterocycles. The van der Waals surface area contributed by atoms with Crippen molar-refractivity contribution in [2.75, 3.05) is 0 Å². The van der Waals surface area contributed by atoms with Crippen LogP contribution in [0.15, 0.2) is 29.2 Å². The SMILES string of the molecule is CCCCCCCCC(CCCCCCC)c1ccccc1S(=O)(=O)O. The molecule has 1 N–H and O–H groups in total. The third-order valence-corrected chi connectivity index (χ3v) is 6.13. The molecule has 0 aliphatic rings. The van der Waals surface area contributed by atoms with Crippen molar-refractivity contribution in [1.29, 1.82) is 0 Å². The molecule has 0 bridgehead atoms. The van der Waals surface area contributed by atoms with E-state index in [0.29, 0.717) is 0 Å². The van der Waals surface area contributed by atoms with Gasteiger partial charge >= 0.3 is 0 Å². The van der Waals surface area contributed by atoms with E-state index in [1.165, 1.54) is 63.9 Å². The van der Waals surface area contributed by atoms with Crippen LogP contribution in [0.2, 0.25) is 0 Å². The van der Waals surface area contributed by atoms with Crippen molar-refractivity contribution in [3.05, 3.63) is 29.8 Å². The predicted octanol–water partition coefficient (Wildman–Crippen LogP) is 7.13. The van der Waals surface area contributed by atoms with Gasteiger partial charge in [-0.3, -0.25) is 4.55 Å². The number of unbranched alkanes of at least 4 members (excludes halogenated alkanes) is 9. The van der Waals surface area contributed by atoms with Crippen LogP contribution in [0, 0.1) is 0 Å². The number of benzene rings is 1. The van der Waals surface area contributed by atoms with Crippen molar-refractivity contribution < 1.29 is 13.0 Å². The molecule has 1 rings (SSSR count). The molecule has 1 aromatic rings. The van der Waals surface area contributed by atoms with E-state index in [9.17, 15) is 13.0 Å². The van der Waals surface area contributed by atoms with E-state index >= 15 is 0 Å². The van der Waals surface area contributed by atoms with Gasteiger partial charge in [-0.05, 0) is 30.4 Å². The van der Waals surface area contributed by atoms with Crippen LogP contribution < -0.4 is 0 Å². The molecule has 0 saturated carbocycles. The normalized spacial score (nSPS) is 13.0. The number of hydrogen-bond acceptors (Lipinski definition) is 2. The van der Waals surface area contributed by atoms with Crippen molar-refractivity contribution in [1.82, 2.24) is 0 Å². The zero-order valence-corrected chi connectivity index (χ0v) is 17.6. The Bertz CT molecular complexity index is 581. The summed E-state index contributed by atoms with van der Waals surface area (Å²) >= 11 is 0. The molecule has 0 heterocycles. The highest BCUT2D eigenvalue weighted by molar-refractivity contribution is 7.85. The maximum atomic E-state index is 11.8. The van der Waals surface area contributed by atoms with Gasteiger partial charge in [-0.15, -0.1) is 0 Å². The summed E-state index contributed by atoms with van der Waals surface area (Å²) in [6.07, 6.45) is 15.5. The first kappa shape index (κ1) is 23.2. The van der Waals surface area contributed by atoms with E-state index in [4.69, 9.17) is 0 Å². The highest BCUT2D eigenvalue weighted by atomic mass is 32.2. The lowest BCUT2D eigenvalue weighted by molar-refractivity contribution is 0.467. The first-order valence-electron chi connectivity index (χ1n) is 10.6. The second-order valence-electron chi connectivity index (χ2n) is 7.47. The molecule has 1 aromatic carbocycles. The Balaban J connectivity index is 2.71.